The van der Waals surface area contributed by atoms with E-state index >= 15 is 0 Å². The molecule has 118 valence electrons. The number of nitrogens with one attached hydrogen (secondary N) is 1. The van der Waals surface area contributed by atoms with E-state index in [1.807, 2.05) is 4.57 Å². The first-order valence-corrected chi connectivity index (χ1v) is 7.95. The maximum absolute atomic E-state index is 12.4. The van der Waals surface area contributed by atoms with Gasteiger partial charge in [-0.3, -0.25) is 4.79 Å². The fourth-order valence-electron chi connectivity index (χ4n) is 3.20. The van der Waals surface area contributed by atoms with Crippen LogP contribution >= 0.6 is 0 Å². The van der Waals surface area contributed by atoms with Crippen molar-refractivity contribution in [3.05, 3.63) is 18.0 Å². The number of hydrogen-bond donors (Lipinski definition) is 3. The van der Waals surface area contributed by atoms with Gasteiger partial charge < -0.3 is 20.7 Å². The third-order valence-corrected chi connectivity index (χ3v) is 4.49. The molecule has 0 saturated heterocycles. The number of carbonyl (C=O) groups excluding carboxylic acids is 1. The van der Waals surface area contributed by atoms with Gasteiger partial charge in [0, 0.05) is 24.7 Å². The molecule has 1 heterocycles. The van der Waals surface area contributed by atoms with Crippen molar-refractivity contribution < 1.29 is 9.90 Å². The predicted octanol–water partition coefficient (Wildman–Crippen LogP) is 2.15. The van der Waals surface area contributed by atoms with Crippen LogP contribution in [0.2, 0.25) is 0 Å². The molecule has 5 nitrogen and oxygen atoms in total. The van der Waals surface area contributed by atoms with Gasteiger partial charge in [0.25, 0.3) is 5.91 Å². The van der Waals surface area contributed by atoms with Gasteiger partial charge in [-0.1, -0.05) is 26.2 Å². The highest BCUT2D eigenvalue weighted by atomic mass is 16.3. The minimum absolute atomic E-state index is 0.0986. The SMILES string of the molecule is CCCn1cc(N)cc1C(=O)NCC1(CO)CCCCC1. The van der Waals surface area contributed by atoms with E-state index in [0.717, 1.165) is 38.6 Å². The number of aliphatic hydroxyl groups excluding tert-OH is 1. The van der Waals surface area contributed by atoms with Crippen LogP contribution in [0.5, 0.6) is 0 Å². The highest BCUT2D eigenvalue weighted by Gasteiger charge is 2.32. The van der Waals surface area contributed by atoms with E-state index in [2.05, 4.69) is 12.2 Å². The first-order valence-electron chi connectivity index (χ1n) is 7.95. The topological polar surface area (TPSA) is 80.3 Å². The summed E-state index contributed by atoms with van der Waals surface area (Å²) in [7, 11) is 0. The van der Waals surface area contributed by atoms with Crippen LogP contribution < -0.4 is 11.1 Å². The van der Waals surface area contributed by atoms with Crippen LogP contribution in [0.3, 0.4) is 0 Å². The van der Waals surface area contributed by atoms with Gasteiger partial charge in [0.15, 0.2) is 0 Å². The average Bonchev–Trinajstić information content (AvgIpc) is 2.87. The third-order valence-electron chi connectivity index (χ3n) is 4.49. The van der Waals surface area contributed by atoms with Gasteiger partial charge in [0.1, 0.15) is 5.69 Å². The molecule has 1 aromatic heterocycles. The van der Waals surface area contributed by atoms with Crippen LogP contribution in [0.15, 0.2) is 12.3 Å². The minimum atomic E-state index is -0.137. The van der Waals surface area contributed by atoms with Gasteiger partial charge in [-0.2, -0.15) is 0 Å². The first-order chi connectivity index (χ1) is 10.1. The molecule has 4 N–H and O–H groups in total. The van der Waals surface area contributed by atoms with Crippen molar-refractivity contribution in [2.24, 2.45) is 5.41 Å². The van der Waals surface area contributed by atoms with Crippen molar-refractivity contribution in [1.29, 1.82) is 0 Å². The maximum atomic E-state index is 12.4. The predicted molar refractivity (Wildman–Crippen MR) is 84.1 cm³/mol. The van der Waals surface area contributed by atoms with Crippen molar-refractivity contribution in [3.8, 4) is 0 Å². The van der Waals surface area contributed by atoms with Crippen LogP contribution in [0.25, 0.3) is 0 Å². The molecule has 1 saturated carbocycles. The summed E-state index contributed by atoms with van der Waals surface area (Å²) < 4.78 is 1.90. The molecular formula is C16H27N3O2. The van der Waals surface area contributed by atoms with Crippen molar-refractivity contribution in [2.75, 3.05) is 18.9 Å². The zero-order chi connectivity index (χ0) is 15.3. The number of nitrogen functional groups attached to an aromatic ring is 1. The Morgan fingerprint density at radius 3 is 2.76 bits per heavy atom. The van der Waals surface area contributed by atoms with E-state index in [4.69, 9.17) is 5.73 Å². The summed E-state index contributed by atoms with van der Waals surface area (Å²) in [6, 6.07) is 1.72. The molecule has 0 aliphatic heterocycles. The Kier molecular flexibility index (Phi) is 5.28. The standard InChI is InChI=1S/C16H27N3O2/c1-2-8-19-10-13(17)9-14(19)15(21)18-11-16(12-20)6-4-3-5-7-16/h9-10,20H,2-8,11-12,17H2,1H3,(H,18,21). The normalized spacial score (nSPS) is 17.6. The number of carbonyl (C=O) groups is 1. The smallest absolute Gasteiger partial charge is 0.268 e. The number of rotatable bonds is 6. The molecule has 0 radical (unpaired) electrons. The monoisotopic (exact) mass is 293 g/mol. The molecule has 1 amide bonds. The van der Waals surface area contributed by atoms with Crippen LogP contribution in [0.4, 0.5) is 5.69 Å². The molecule has 2 rings (SSSR count). The van der Waals surface area contributed by atoms with E-state index in [1.54, 1.807) is 12.3 Å². The van der Waals surface area contributed by atoms with Crippen molar-refractivity contribution in [3.63, 3.8) is 0 Å². The number of aromatic nitrogens is 1. The molecule has 0 unspecified atom stereocenters. The molecule has 1 fully saturated rings. The van der Waals surface area contributed by atoms with E-state index in [0.29, 0.717) is 17.9 Å². The van der Waals surface area contributed by atoms with Gasteiger partial charge in [-0.15, -0.1) is 0 Å². The average molecular weight is 293 g/mol. The zero-order valence-corrected chi connectivity index (χ0v) is 12.9. The summed E-state index contributed by atoms with van der Waals surface area (Å²) in [4.78, 5) is 12.4. The van der Waals surface area contributed by atoms with Crippen molar-refractivity contribution in [1.82, 2.24) is 9.88 Å². The number of amides is 1. The third kappa shape index (κ3) is 3.79. The van der Waals surface area contributed by atoms with Gasteiger partial charge in [0.05, 0.1) is 12.3 Å². The Morgan fingerprint density at radius 1 is 1.43 bits per heavy atom. The first kappa shape index (κ1) is 15.9. The number of nitrogens with zero attached hydrogens (tertiary/aromatic N) is 1. The number of aryl methyl sites for hydroxylation is 1. The molecular weight excluding hydrogens is 266 g/mol. The van der Waals surface area contributed by atoms with E-state index in [1.165, 1.54) is 6.42 Å². The largest absolute Gasteiger partial charge is 0.397 e. The highest BCUT2D eigenvalue weighted by Crippen LogP contribution is 2.35. The Balaban J connectivity index is 2.00. The number of hydrogen-bond acceptors (Lipinski definition) is 3. The fraction of sp³-hybridized carbons (Fsp3) is 0.688. The lowest BCUT2D eigenvalue weighted by Gasteiger charge is -2.35. The molecule has 21 heavy (non-hydrogen) atoms. The number of anilines is 1. The number of nitrogens with two attached hydrogens (primary N) is 1. The fourth-order valence-corrected chi connectivity index (χ4v) is 3.20. The molecule has 1 aliphatic carbocycles. The van der Waals surface area contributed by atoms with Crippen LogP contribution in [0, 0.1) is 5.41 Å². The summed E-state index contributed by atoms with van der Waals surface area (Å²) in [6.45, 7) is 3.54. The second-order valence-corrected chi connectivity index (χ2v) is 6.25. The van der Waals surface area contributed by atoms with Crippen LogP contribution in [-0.4, -0.2) is 28.7 Å². The molecule has 1 aromatic rings. The summed E-state index contributed by atoms with van der Waals surface area (Å²) in [6.07, 6.45) is 8.23. The lowest BCUT2D eigenvalue weighted by Crippen LogP contribution is -2.41. The van der Waals surface area contributed by atoms with Crippen molar-refractivity contribution >= 4 is 11.6 Å². The minimum Gasteiger partial charge on any atom is -0.397 e. The molecule has 1 aliphatic rings. The Bertz CT molecular complexity index is 476. The second kappa shape index (κ2) is 6.98. The summed E-state index contributed by atoms with van der Waals surface area (Å²) in [5.41, 5.74) is 6.88. The highest BCUT2D eigenvalue weighted by molar-refractivity contribution is 5.93. The Hall–Kier alpha value is -1.49. The van der Waals surface area contributed by atoms with Crippen LogP contribution in [0.1, 0.15) is 55.9 Å². The van der Waals surface area contributed by atoms with Gasteiger partial charge in [-0.25, -0.2) is 0 Å². The van der Waals surface area contributed by atoms with Gasteiger partial charge in [-0.05, 0) is 25.3 Å². The van der Waals surface area contributed by atoms with E-state index in [9.17, 15) is 9.90 Å². The quantitative estimate of drug-likeness (QED) is 0.752. The lowest BCUT2D eigenvalue weighted by molar-refractivity contribution is 0.0713. The van der Waals surface area contributed by atoms with Gasteiger partial charge >= 0.3 is 0 Å². The maximum Gasteiger partial charge on any atom is 0.268 e. The molecule has 5 heteroatoms. The molecule has 0 aromatic carbocycles. The second-order valence-electron chi connectivity index (χ2n) is 6.25. The van der Waals surface area contributed by atoms with Gasteiger partial charge in [0.2, 0.25) is 0 Å². The number of aliphatic hydroxyl groups is 1. The Labute approximate surface area is 126 Å². The Morgan fingerprint density at radius 2 is 2.14 bits per heavy atom. The zero-order valence-electron chi connectivity index (χ0n) is 12.9. The summed E-state index contributed by atoms with van der Waals surface area (Å²) in [5.74, 6) is -0.0986. The summed E-state index contributed by atoms with van der Waals surface area (Å²) >= 11 is 0. The van der Waals surface area contributed by atoms with E-state index < -0.39 is 0 Å². The lowest BCUT2D eigenvalue weighted by atomic mass is 9.74. The molecule has 0 atom stereocenters. The van der Waals surface area contributed by atoms with Crippen molar-refractivity contribution in [2.45, 2.75) is 52.0 Å². The summed E-state index contributed by atoms with van der Waals surface area (Å²) in [5, 5.41) is 12.7. The van der Waals surface area contributed by atoms with E-state index in [-0.39, 0.29) is 17.9 Å². The molecule has 0 bridgehead atoms. The van der Waals surface area contributed by atoms with Crippen LogP contribution in [-0.2, 0) is 6.54 Å². The molecule has 0 spiro atoms.